The number of hydrogen-bond donors (Lipinski definition) is 1. The van der Waals surface area contributed by atoms with Gasteiger partial charge in [0.15, 0.2) is 0 Å². The fourth-order valence-corrected chi connectivity index (χ4v) is 2.02. The number of benzene rings is 2. The smallest absolute Gasteiger partial charge is 0.0208 e. The maximum absolute atomic E-state index is 3.45. The molecule has 1 N–H and O–H groups in total. The summed E-state index contributed by atoms with van der Waals surface area (Å²) in [5.74, 6) is 0. The van der Waals surface area contributed by atoms with Crippen LogP contribution < -0.4 is 5.32 Å². The lowest BCUT2D eigenvalue weighted by atomic mass is 10.1. The molecule has 0 saturated carbocycles. The van der Waals surface area contributed by atoms with Gasteiger partial charge in [-0.1, -0.05) is 42.0 Å². The summed E-state index contributed by atoms with van der Waals surface area (Å²) >= 11 is 2.33. The van der Waals surface area contributed by atoms with Gasteiger partial charge in [-0.05, 0) is 52.8 Å². The highest BCUT2D eigenvalue weighted by atomic mass is 127. The van der Waals surface area contributed by atoms with Crippen LogP contribution in [0.4, 0.5) is 0 Å². The number of nitrogens with one attached hydrogen (secondary N) is 1. The van der Waals surface area contributed by atoms with Crippen molar-refractivity contribution in [3.05, 3.63) is 68.8 Å². The number of aryl methyl sites for hydroxylation is 1. The zero-order valence-electron chi connectivity index (χ0n) is 9.91. The van der Waals surface area contributed by atoms with E-state index in [-0.39, 0.29) is 0 Å². The summed E-state index contributed by atoms with van der Waals surface area (Å²) in [7, 11) is 0. The molecule has 0 aliphatic rings. The van der Waals surface area contributed by atoms with E-state index in [1.54, 1.807) is 0 Å². The second kappa shape index (κ2) is 6.17. The van der Waals surface area contributed by atoms with Gasteiger partial charge in [-0.25, -0.2) is 0 Å². The molecule has 0 unspecified atom stereocenters. The Kier molecular flexibility index (Phi) is 4.57. The van der Waals surface area contributed by atoms with Gasteiger partial charge in [0.05, 0.1) is 0 Å². The third-order valence-electron chi connectivity index (χ3n) is 2.69. The Morgan fingerprint density at radius 1 is 0.824 bits per heavy atom. The summed E-state index contributed by atoms with van der Waals surface area (Å²) < 4.78 is 1.28. The van der Waals surface area contributed by atoms with Crippen molar-refractivity contribution in [3.8, 4) is 0 Å². The van der Waals surface area contributed by atoms with E-state index in [9.17, 15) is 0 Å². The average Bonchev–Trinajstić information content (AvgIpc) is 2.34. The maximum atomic E-state index is 3.45. The van der Waals surface area contributed by atoms with Crippen molar-refractivity contribution in [1.82, 2.24) is 5.32 Å². The van der Waals surface area contributed by atoms with Crippen molar-refractivity contribution in [2.45, 2.75) is 20.0 Å². The highest BCUT2D eigenvalue weighted by Gasteiger charge is 1.94. The second-order valence-electron chi connectivity index (χ2n) is 4.22. The molecular weight excluding hydrogens is 321 g/mol. The van der Waals surface area contributed by atoms with Gasteiger partial charge in [-0.15, -0.1) is 0 Å². The molecular formula is C15H16IN. The van der Waals surface area contributed by atoms with Gasteiger partial charge >= 0.3 is 0 Å². The topological polar surface area (TPSA) is 12.0 Å². The van der Waals surface area contributed by atoms with Crippen LogP contribution in [0.25, 0.3) is 0 Å². The standard InChI is InChI=1S/C15H16IN/c1-12-2-4-13(5-3-12)10-17-11-14-6-8-15(16)9-7-14/h2-9,17H,10-11H2,1H3. The molecule has 2 rings (SSSR count). The summed E-state index contributed by atoms with van der Waals surface area (Å²) in [5.41, 5.74) is 3.98. The highest BCUT2D eigenvalue weighted by Crippen LogP contribution is 2.07. The van der Waals surface area contributed by atoms with Gasteiger partial charge in [0.1, 0.15) is 0 Å². The molecule has 2 heteroatoms. The van der Waals surface area contributed by atoms with Gasteiger partial charge in [0, 0.05) is 16.7 Å². The molecule has 0 spiro atoms. The van der Waals surface area contributed by atoms with Gasteiger partial charge < -0.3 is 5.32 Å². The minimum Gasteiger partial charge on any atom is -0.309 e. The first-order chi connectivity index (χ1) is 8.24. The Hall–Kier alpha value is -0.870. The predicted octanol–water partition coefficient (Wildman–Crippen LogP) is 3.89. The molecule has 0 amide bonds. The Bertz CT molecular complexity index is 414. The fraction of sp³-hybridized carbons (Fsp3) is 0.200. The molecule has 0 aromatic heterocycles. The van der Waals surface area contributed by atoms with Crippen LogP contribution in [-0.2, 0) is 13.1 Å². The van der Waals surface area contributed by atoms with Crippen LogP contribution >= 0.6 is 22.6 Å². The first-order valence-corrected chi connectivity index (χ1v) is 6.82. The Labute approximate surface area is 116 Å². The molecule has 0 radical (unpaired) electrons. The van der Waals surface area contributed by atoms with E-state index < -0.39 is 0 Å². The molecule has 2 aromatic carbocycles. The number of hydrogen-bond acceptors (Lipinski definition) is 1. The monoisotopic (exact) mass is 337 g/mol. The molecule has 0 heterocycles. The molecule has 17 heavy (non-hydrogen) atoms. The predicted molar refractivity (Wildman–Crippen MR) is 80.9 cm³/mol. The van der Waals surface area contributed by atoms with Crippen molar-refractivity contribution in [3.63, 3.8) is 0 Å². The summed E-state index contributed by atoms with van der Waals surface area (Å²) in [6.45, 7) is 3.96. The van der Waals surface area contributed by atoms with Gasteiger partial charge in [-0.3, -0.25) is 0 Å². The third-order valence-corrected chi connectivity index (χ3v) is 3.41. The summed E-state index contributed by atoms with van der Waals surface area (Å²) in [6, 6.07) is 17.3. The maximum Gasteiger partial charge on any atom is 0.0208 e. The van der Waals surface area contributed by atoms with Crippen LogP contribution in [0.3, 0.4) is 0 Å². The van der Waals surface area contributed by atoms with E-state index in [1.165, 1.54) is 20.3 Å². The van der Waals surface area contributed by atoms with E-state index in [1.807, 2.05) is 0 Å². The number of rotatable bonds is 4. The minimum atomic E-state index is 0.921. The third kappa shape index (κ3) is 4.13. The first kappa shape index (κ1) is 12.6. The van der Waals surface area contributed by atoms with Crippen LogP contribution in [0, 0.1) is 10.5 Å². The second-order valence-corrected chi connectivity index (χ2v) is 5.46. The minimum absolute atomic E-state index is 0.921. The molecule has 1 nitrogen and oxygen atoms in total. The van der Waals surface area contributed by atoms with E-state index in [0.29, 0.717) is 0 Å². The lowest BCUT2D eigenvalue weighted by molar-refractivity contribution is 0.693. The molecule has 0 bridgehead atoms. The lowest BCUT2D eigenvalue weighted by Gasteiger charge is -2.05. The zero-order valence-corrected chi connectivity index (χ0v) is 12.1. The number of halogens is 1. The molecule has 0 atom stereocenters. The lowest BCUT2D eigenvalue weighted by Crippen LogP contribution is -2.12. The van der Waals surface area contributed by atoms with Crippen molar-refractivity contribution >= 4 is 22.6 Å². The van der Waals surface area contributed by atoms with Crippen molar-refractivity contribution in [1.29, 1.82) is 0 Å². The van der Waals surface area contributed by atoms with Crippen molar-refractivity contribution in [2.75, 3.05) is 0 Å². The molecule has 0 aliphatic heterocycles. The van der Waals surface area contributed by atoms with Gasteiger partial charge in [0.25, 0.3) is 0 Å². The summed E-state index contributed by atoms with van der Waals surface area (Å²) in [6.07, 6.45) is 0. The average molecular weight is 337 g/mol. The zero-order chi connectivity index (χ0) is 12.1. The Morgan fingerprint density at radius 2 is 1.29 bits per heavy atom. The van der Waals surface area contributed by atoms with E-state index >= 15 is 0 Å². The molecule has 0 saturated heterocycles. The van der Waals surface area contributed by atoms with E-state index in [0.717, 1.165) is 13.1 Å². The summed E-state index contributed by atoms with van der Waals surface area (Å²) in [4.78, 5) is 0. The Balaban J connectivity index is 1.83. The Morgan fingerprint density at radius 3 is 1.82 bits per heavy atom. The van der Waals surface area contributed by atoms with Crippen molar-refractivity contribution < 1.29 is 0 Å². The quantitative estimate of drug-likeness (QED) is 0.835. The van der Waals surface area contributed by atoms with E-state index in [2.05, 4.69) is 83.4 Å². The van der Waals surface area contributed by atoms with Gasteiger partial charge in [-0.2, -0.15) is 0 Å². The SMILES string of the molecule is Cc1ccc(CNCc2ccc(I)cc2)cc1. The van der Waals surface area contributed by atoms with Crippen LogP contribution in [0.1, 0.15) is 16.7 Å². The van der Waals surface area contributed by atoms with Crippen LogP contribution in [0.15, 0.2) is 48.5 Å². The normalized spacial score (nSPS) is 10.5. The van der Waals surface area contributed by atoms with Crippen LogP contribution in [0.2, 0.25) is 0 Å². The van der Waals surface area contributed by atoms with Crippen LogP contribution in [0.5, 0.6) is 0 Å². The first-order valence-electron chi connectivity index (χ1n) is 5.75. The van der Waals surface area contributed by atoms with Crippen molar-refractivity contribution in [2.24, 2.45) is 0 Å². The largest absolute Gasteiger partial charge is 0.309 e. The fourth-order valence-electron chi connectivity index (χ4n) is 1.66. The van der Waals surface area contributed by atoms with Gasteiger partial charge in [0.2, 0.25) is 0 Å². The molecule has 0 fully saturated rings. The van der Waals surface area contributed by atoms with E-state index in [4.69, 9.17) is 0 Å². The molecule has 88 valence electrons. The molecule has 2 aromatic rings. The highest BCUT2D eigenvalue weighted by molar-refractivity contribution is 14.1. The molecule has 0 aliphatic carbocycles. The summed E-state index contributed by atoms with van der Waals surface area (Å²) in [5, 5.41) is 3.45. The van der Waals surface area contributed by atoms with Crippen LogP contribution in [-0.4, -0.2) is 0 Å².